The maximum Gasteiger partial charge on any atom is 0.308 e. The molecule has 1 saturated carbocycles. The lowest BCUT2D eigenvalue weighted by Gasteiger charge is -2.23. The van der Waals surface area contributed by atoms with Crippen molar-refractivity contribution in [2.45, 2.75) is 51.2 Å². The Balaban J connectivity index is 1.71. The highest BCUT2D eigenvalue weighted by Crippen LogP contribution is 2.28. The molecular weight excluding hydrogens is 294 g/mol. The predicted molar refractivity (Wildman–Crippen MR) is 85.6 cm³/mol. The van der Waals surface area contributed by atoms with Gasteiger partial charge in [0.15, 0.2) is 0 Å². The number of likely N-dealkylation sites (tertiary alicyclic amines) is 1. The SMILES string of the molecule is CC1C(C(=O)O)CCN1C(=O)c1cccc(OC2CCCC2)c1. The average molecular weight is 317 g/mol. The number of amides is 1. The van der Waals surface area contributed by atoms with Crippen LogP contribution in [0.2, 0.25) is 0 Å². The first-order valence-corrected chi connectivity index (χ1v) is 8.37. The van der Waals surface area contributed by atoms with Crippen molar-refractivity contribution < 1.29 is 19.4 Å². The van der Waals surface area contributed by atoms with Crippen LogP contribution in [-0.2, 0) is 4.79 Å². The van der Waals surface area contributed by atoms with Crippen LogP contribution >= 0.6 is 0 Å². The van der Waals surface area contributed by atoms with Crippen molar-refractivity contribution in [3.05, 3.63) is 29.8 Å². The number of carbonyl (C=O) groups is 2. The Labute approximate surface area is 136 Å². The molecule has 2 aliphatic rings. The summed E-state index contributed by atoms with van der Waals surface area (Å²) < 4.78 is 5.95. The average Bonchev–Trinajstić information content (AvgIpc) is 3.16. The summed E-state index contributed by atoms with van der Waals surface area (Å²) >= 11 is 0. The topological polar surface area (TPSA) is 66.8 Å². The number of nitrogens with zero attached hydrogens (tertiary/aromatic N) is 1. The minimum Gasteiger partial charge on any atom is -0.490 e. The molecular formula is C18H23NO4. The third-order valence-electron chi connectivity index (χ3n) is 5.02. The summed E-state index contributed by atoms with van der Waals surface area (Å²) in [4.78, 5) is 25.6. The van der Waals surface area contributed by atoms with Gasteiger partial charge in [-0.2, -0.15) is 0 Å². The number of aliphatic carboxylic acids is 1. The Hall–Kier alpha value is -2.04. The molecule has 0 aromatic heterocycles. The molecule has 2 atom stereocenters. The summed E-state index contributed by atoms with van der Waals surface area (Å²) in [6.45, 7) is 2.30. The van der Waals surface area contributed by atoms with Crippen molar-refractivity contribution in [2.24, 2.45) is 5.92 Å². The maximum absolute atomic E-state index is 12.7. The number of carboxylic acid groups (broad SMARTS) is 1. The molecule has 1 saturated heterocycles. The molecule has 1 aliphatic heterocycles. The molecule has 5 nitrogen and oxygen atoms in total. The highest BCUT2D eigenvalue weighted by Gasteiger charge is 2.38. The Morgan fingerprint density at radius 3 is 2.61 bits per heavy atom. The van der Waals surface area contributed by atoms with Gasteiger partial charge in [-0.25, -0.2) is 0 Å². The zero-order valence-electron chi connectivity index (χ0n) is 13.4. The lowest BCUT2D eigenvalue weighted by Crippen LogP contribution is -2.37. The third kappa shape index (κ3) is 3.33. The first-order valence-electron chi connectivity index (χ1n) is 8.37. The molecule has 2 fully saturated rings. The zero-order valence-corrected chi connectivity index (χ0v) is 13.4. The van der Waals surface area contributed by atoms with Crippen molar-refractivity contribution in [3.8, 4) is 5.75 Å². The summed E-state index contributed by atoms with van der Waals surface area (Å²) in [6, 6.07) is 6.97. The Morgan fingerprint density at radius 1 is 1.22 bits per heavy atom. The fourth-order valence-corrected chi connectivity index (χ4v) is 3.62. The van der Waals surface area contributed by atoms with E-state index in [1.807, 2.05) is 19.1 Å². The number of ether oxygens (including phenoxy) is 1. The standard InChI is InChI=1S/C18H23NO4/c1-12-16(18(21)22)9-10-19(12)17(20)13-5-4-8-15(11-13)23-14-6-2-3-7-14/h4-5,8,11-12,14,16H,2-3,6-7,9-10H2,1H3,(H,21,22). The zero-order chi connectivity index (χ0) is 16.4. The summed E-state index contributed by atoms with van der Waals surface area (Å²) in [6.07, 6.45) is 5.31. The fraction of sp³-hybridized carbons (Fsp3) is 0.556. The molecule has 23 heavy (non-hydrogen) atoms. The highest BCUT2D eigenvalue weighted by molar-refractivity contribution is 5.95. The van der Waals surface area contributed by atoms with Crippen molar-refractivity contribution in [2.75, 3.05) is 6.54 Å². The molecule has 124 valence electrons. The summed E-state index contributed by atoms with van der Waals surface area (Å²) in [5.41, 5.74) is 0.568. The molecule has 2 unspecified atom stereocenters. The fourth-order valence-electron chi connectivity index (χ4n) is 3.62. The maximum atomic E-state index is 12.7. The van der Waals surface area contributed by atoms with Crippen LogP contribution in [-0.4, -0.2) is 40.6 Å². The molecule has 1 amide bonds. The Kier molecular flexibility index (Phi) is 4.55. The second kappa shape index (κ2) is 6.60. The summed E-state index contributed by atoms with van der Waals surface area (Å²) in [7, 11) is 0. The van der Waals surface area contributed by atoms with E-state index in [0.717, 1.165) is 18.6 Å². The van der Waals surface area contributed by atoms with E-state index in [-0.39, 0.29) is 18.1 Å². The van der Waals surface area contributed by atoms with E-state index in [2.05, 4.69) is 0 Å². The number of carbonyl (C=O) groups excluding carboxylic acids is 1. The number of rotatable bonds is 4. The van der Waals surface area contributed by atoms with Gasteiger partial charge in [-0.15, -0.1) is 0 Å². The van der Waals surface area contributed by atoms with Crippen LogP contribution in [0.25, 0.3) is 0 Å². The largest absolute Gasteiger partial charge is 0.490 e. The molecule has 5 heteroatoms. The normalized spacial score (nSPS) is 24.8. The van der Waals surface area contributed by atoms with E-state index in [0.29, 0.717) is 18.5 Å². The highest BCUT2D eigenvalue weighted by atomic mass is 16.5. The van der Waals surface area contributed by atoms with Gasteiger partial charge in [0.05, 0.1) is 12.0 Å². The van der Waals surface area contributed by atoms with Crippen LogP contribution in [0.3, 0.4) is 0 Å². The Morgan fingerprint density at radius 2 is 1.96 bits per heavy atom. The first kappa shape index (κ1) is 15.8. The minimum atomic E-state index is -0.828. The van der Waals surface area contributed by atoms with Crippen LogP contribution in [0.5, 0.6) is 5.75 Å². The van der Waals surface area contributed by atoms with E-state index >= 15 is 0 Å². The van der Waals surface area contributed by atoms with E-state index in [9.17, 15) is 14.7 Å². The molecule has 0 spiro atoms. The second-order valence-electron chi connectivity index (χ2n) is 6.52. The number of hydrogen-bond acceptors (Lipinski definition) is 3. The first-order chi connectivity index (χ1) is 11.1. The molecule has 1 aromatic carbocycles. The van der Waals surface area contributed by atoms with Gasteiger partial charge in [-0.3, -0.25) is 9.59 Å². The van der Waals surface area contributed by atoms with Crippen molar-refractivity contribution >= 4 is 11.9 Å². The van der Waals surface area contributed by atoms with Crippen LogP contribution in [0.4, 0.5) is 0 Å². The van der Waals surface area contributed by atoms with Gasteiger partial charge in [0, 0.05) is 18.2 Å². The van der Waals surface area contributed by atoms with Crippen molar-refractivity contribution in [1.82, 2.24) is 4.90 Å². The van der Waals surface area contributed by atoms with E-state index in [1.165, 1.54) is 12.8 Å². The number of benzene rings is 1. The molecule has 1 N–H and O–H groups in total. The summed E-state index contributed by atoms with van der Waals surface area (Å²) in [5, 5.41) is 9.20. The summed E-state index contributed by atoms with van der Waals surface area (Å²) in [5.74, 6) is -0.689. The van der Waals surface area contributed by atoms with Gasteiger partial charge in [0.25, 0.3) is 5.91 Å². The second-order valence-corrected chi connectivity index (χ2v) is 6.52. The molecule has 3 rings (SSSR count). The predicted octanol–water partition coefficient (Wildman–Crippen LogP) is 2.94. The van der Waals surface area contributed by atoms with Crippen LogP contribution in [0.1, 0.15) is 49.4 Å². The van der Waals surface area contributed by atoms with Crippen molar-refractivity contribution in [1.29, 1.82) is 0 Å². The van der Waals surface area contributed by atoms with Gasteiger partial charge in [-0.05, 0) is 57.2 Å². The van der Waals surface area contributed by atoms with Crippen LogP contribution in [0, 0.1) is 5.92 Å². The molecule has 1 heterocycles. The third-order valence-corrected chi connectivity index (χ3v) is 5.02. The van der Waals surface area contributed by atoms with E-state index in [1.54, 1.807) is 17.0 Å². The molecule has 0 radical (unpaired) electrons. The molecule has 0 bridgehead atoms. The number of carboxylic acids is 1. The van der Waals surface area contributed by atoms with Crippen LogP contribution in [0.15, 0.2) is 24.3 Å². The molecule has 1 aliphatic carbocycles. The van der Waals surface area contributed by atoms with Gasteiger partial charge in [0.1, 0.15) is 5.75 Å². The smallest absolute Gasteiger partial charge is 0.308 e. The Bertz CT molecular complexity index is 594. The van der Waals surface area contributed by atoms with Crippen molar-refractivity contribution in [3.63, 3.8) is 0 Å². The van der Waals surface area contributed by atoms with Gasteiger partial charge in [-0.1, -0.05) is 6.07 Å². The number of hydrogen-bond donors (Lipinski definition) is 1. The van der Waals surface area contributed by atoms with E-state index in [4.69, 9.17) is 4.74 Å². The molecule has 1 aromatic rings. The van der Waals surface area contributed by atoms with Crippen LogP contribution < -0.4 is 4.74 Å². The minimum absolute atomic E-state index is 0.113. The quantitative estimate of drug-likeness (QED) is 0.927. The van der Waals surface area contributed by atoms with Gasteiger partial charge < -0.3 is 14.7 Å². The monoisotopic (exact) mass is 317 g/mol. The van der Waals surface area contributed by atoms with Gasteiger partial charge in [0.2, 0.25) is 0 Å². The van der Waals surface area contributed by atoms with Gasteiger partial charge >= 0.3 is 5.97 Å². The lowest BCUT2D eigenvalue weighted by molar-refractivity contribution is -0.142. The lowest BCUT2D eigenvalue weighted by atomic mass is 10.0. The van der Waals surface area contributed by atoms with E-state index < -0.39 is 11.9 Å².